The first-order valence-corrected chi connectivity index (χ1v) is 4.80. The molecule has 5 heteroatoms. The fraction of sp³-hybridized carbons (Fsp3) is 0.400. The Kier molecular flexibility index (Phi) is 4.20. The Hall–Kier alpha value is -1.46. The monoisotopic (exact) mass is 211 g/mol. The molecule has 0 bridgehead atoms. The zero-order valence-electron chi connectivity index (χ0n) is 8.56. The fourth-order valence-corrected chi connectivity index (χ4v) is 1.46. The molecule has 0 saturated carbocycles. The molecule has 0 atom stereocenters. The van der Waals surface area contributed by atoms with Gasteiger partial charge in [-0.3, -0.25) is 0 Å². The van der Waals surface area contributed by atoms with Crippen LogP contribution in [0.5, 0.6) is 0 Å². The third-order valence-corrected chi connectivity index (χ3v) is 2.13. The van der Waals surface area contributed by atoms with E-state index < -0.39 is 0 Å². The fourth-order valence-electron chi connectivity index (χ4n) is 1.46. The summed E-state index contributed by atoms with van der Waals surface area (Å²) in [5, 5.41) is 17.8. The number of nitrogen functional groups attached to an aromatic ring is 2. The number of aliphatic hydroxyl groups excluding tert-OH is 2. The minimum atomic E-state index is 0.0177. The number of aliphatic hydroxyl groups is 2. The Morgan fingerprint density at radius 1 is 1.07 bits per heavy atom. The molecule has 1 aromatic rings. The van der Waals surface area contributed by atoms with E-state index in [1.54, 1.807) is 18.2 Å². The second kappa shape index (κ2) is 5.43. The first-order chi connectivity index (χ1) is 7.19. The molecule has 0 heterocycles. The normalized spacial score (nSPS) is 10.3. The van der Waals surface area contributed by atoms with E-state index in [9.17, 15) is 0 Å². The summed E-state index contributed by atoms with van der Waals surface area (Å²) in [6.07, 6.45) is 0. The van der Waals surface area contributed by atoms with Crippen molar-refractivity contribution in [3.05, 3.63) is 18.2 Å². The largest absolute Gasteiger partial charge is 0.399 e. The Bertz CT molecular complexity index is 312. The molecule has 0 fully saturated rings. The summed E-state index contributed by atoms with van der Waals surface area (Å²) >= 11 is 0. The number of nitrogens with two attached hydrogens (primary N) is 2. The average molecular weight is 211 g/mol. The topological polar surface area (TPSA) is 95.7 Å². The lowest BCUT2D eigenvalue weighted by Gasteiger charge is -2.24. The number of hydrogen-bond acceptors (Lipinski definition) is 5. The molecule has 0 aromatic heterocycles. The summed E-state index contributed by atoms with van der Waals surface area (Å²) in [5.74, 6) is 0. The first kappa shape index (κ1) is 11.6. The van der Waals surface area contributed by atoms with Crippen LogP contribution >= 0.6 is 0 Å². The number of nitrogens with zero attached hydrogens (tertiary/aromatic N) is 1. The highest BCUT2D eigenvalue weighted by Gasteiger charge is 2.08. The van der Waals surface area contributed by atoms with Gasteiger partial charge in [0.2, 0.25) is 0 Å². The van der Waals surface area contributed by atoms with Crippen molar-refractivity contribution >= 4 is 17.1 Å². The van der Waals surface area contributed by atoms with Crippen molar-refractivity contribution in [1.82, 2.24) is 0 Å². The van der Waals surface area contributed by atoms with E-state index >= 15 is 0 Å². The van der Waals surface area contributed by atoms with E-state index in [0.29, 0.717) is 24.5 Å². The molecule has 0 amide bonds. The summed E-state index contributed by atoms with van der Waals surface area (Å²) in [6.45, 7) is 0.914. The predicted octanol–water partition coefficient (Wildman–Crippen LogP) is -0.358. The van der Waals surface area contributed by atoms with Crippen LogP contribution in [0, 0.1) is 0 Å². The van der Waals surface area contributed by atoms with E-state index in [2.05, 4.69) is 0 Å². The van der Waals surface area contributed by atoms with E-state index in [-0.39, 0.29) is 13.2 Å². The third kappa shape index (κ3) is 3.00. The lowest BCUT2D eigenvalue weighted by atomic mass is 10.2. The van der Waals surface area contributed by atoms with Crippen LogP contribution in [0.15, 0.2) is 18.2 Å². The molecule has 0 radical (unpaired) electrons. The molecule has 6 N–H and O–H groups in total. The lowest BCUT2D eigenvalue weighted by molar-refractivity contribution is 0.281. The van der Waals surface area contributed by atoms with Crippen LogP contribution in [0.25, 0.3) is 0 Å². The van der Waals surface area contributed by atoms with Crippen LogP contribution in [-0.4, -0.2) is 36.5 Å². The first-order valence-electron chi connectivity index (χ1n) is 4.80. The third-order valence-electron chi connectivity index (χ3n) is 2.13. The molecular weight excluding hydrogens is 194 g/mol. The van der Waals surface area contributed by atoms with Crippen LogP contribution < -0.4 is 16.4 Å². The van der Waals surface area contributed by atoms with Crippen molar-refractivity contribution < 1.29 is 10.2 Å². The standard InChI is InChI=1S/C10H17N3O2/c11-8-1-2-10(9(12)7-8)13(3-5-14)4-6-15/h1-2,7,14-15H,3-6,11-12H2. The molecule has 1 aromatic carbocycles. The van der Waals surface area contributed by atoms with Crippen molar-refractivity contribution in [1.29, 1.82) is 0 Å². The van der Waals surface area contributed by atoms with Crippen molar-refractivity contribution in [3.63, 3.8) is 0 Å². The highest BCUT2D eigenvalue weighted by atomic mass is 16.3. The van der Waals surface area contributed by atoms with E-state index in [1.807, 2.05) is 4.90 Å². The SMILES string of the molecule is Nc1ccc(N(CCO)CCO)c(N)c1. The summed E-state index contributed by atoms with van der Waals surface area (Å²) in [5.41, 5.74) is 13.3. The zero-order chi connectivity index (χ0) is 11.3. The number of rotatable bonds is 5. The van der Waals surface area contributed by atoms with Crippen molar-refractivity contribution in [2.45, 2.75) is 0 Å². The van der Waals surface area contributed by atoms with Crippen molar-refractivity contribution in [3.8, 4) is 0 Å². The number of anilines is 3. The minimum absolute atomic E-state index is 0.0177. The summed E-state index contributed by atoms with van der Waals surface area (Å²) < 4.78 is 0. The summed E-state index contributed by atoms with van der Waals surface area (Å²) in [6, 6.07) is 5.19. The van der Waals surface area contributed by atoms with Crippen molar-refractivity contribution in [2.24, 2.45) is 0 Å². The van der Waals surface area contributed by atoms with Crippen molar-refractivity contribution in [2.75, 3.05) is 42.7 Å². The predicted molar refractivity (Wildman–Crippen MR) is 61.7 cm³/mol. The molecule has 84 valence electrons. The smallest absolute Gasteiger partial charge is 0.0606 e. The van der Waals surface area contributed by atoms with E-state index in [1.165, 1.54) is 0 Å². The molecule has 0 spiro atoms. The van der Waals surface area contributed by atoms with E-state index in [0.717, 1.165) is 5.69 Å². The second-order valence-corrected chi connectivity index (χ2v) is 3.25. The summed E-state index contributed by atoms with van der Waals surface area (Å²) in [4.78, 5) is 1.81. The summed E-state index contributed by atoms with van der Waals surface area (Å²) in [7, 11) is 0. The molecule has 0 saturated heterocycles. The maximum Gasteiger partial charge on any atom is 0.0606 e. The van der Waals surface area contributed by atoms with Gasteiger partial charge in [-0.1, -0.05) is 0 Å². The van der Waals surface area contributed by atoms with Gasteiger partial charge in [0.25, 0.3) is 0 Å². The Morgan fingerprint density at radius 3 is 2.13 bits per heavy atom. The Labute approximate surface area is 88.9 Å². The van der Waals surface area contributed by atoms with Gasteiger partial charge in [-0.2, -0.15) is 0 Å². The van der Waals surface area contributed by atoms with E-state index in [4.69, 9.17) is 21.7 Å². The number of benzene rings is 1. The maximum atomic E-state index is 8.88. The lowest BCUT2D eigenvalue weighted by Crippen LogP contribution is -2.30. The van der Waals surface area contributed by atoms with Crippen LogP contribution in [0.1, 0.15) is 0 Å². The number of hydrogen-bond donors (Lipinski definition) is 4. The molecule has 1 rings (SSSR count). The van der Waals surface area contributed by atoms with Gasteiger partial charge < -0.3 is 26.6 Å². The molecule has 0 unspecified atom stereocenters. The molecule has 0 aliphatic heterocycles. The van der Waals surface area contributed by atoms with Gasteiger partial charge in [0, 0.05) is 18.8 Å². The highest BCUT2D eigenvalue weighted by Crippen LogP contribution is 2.24. The van der Waals surface area contributed by atoms with Gasteiger partial charge >= 0.3 is 0 Å². The van der Waals surface area contributed by atoms with Crippen LogP contribution in [0.2, 0.25) is 0 Å². The molecule has 0 aliphatic rings. The second-order valence-electron chi connectivity index (χ2n) is 3.25. The quantitative estimate of drug-likeness (QED) is 0.499. The molecule has 15 heavy (non-hydrogen) atoms. The van der Waals surface area contributed by atoms with Gasteiger partial charge in [-0.15, -0.1) is 0 Å². The Balaban J connectivity index is 2.89. The highest BCUT2D eigenvalue weighted by molar-refractivity contribution is 5.71. The molecular formula is C10H17N3O2. The maximum absolute atomic E-state index is 8.88. The van der Waals surface area contributed by atoms with Gasteiger partial charge in [-0.05, 0) is 18.2 Å². The van der Waals surface area contributed by atoms with Gasteiger partial charge in [0.15, 0.2) is 0 Å². The molecule has 0 aliphatic carbocycles. The zero-order valence-corrected chi connectivity index (χ0v) is 8.56. The van der Waals surface area contributed by atoms with Gasteiger partial charge in [0.1, 0.15) is 0 Å². The average Bonchev–Trinajstić information content (AvgIpc) is 2.17. The van der Waals surface area contributed by atoms with Gasteiger partial charge in [0.05, 0.1) is 24.6 Å². The van der Waals surface area contributed by atoms with Crippen LogP contribution in [0.3, 0.4) is 0 Å². The molecule has 5 nitrogen and oxygen atoms in total. The van der Waals surface area contributed by atoms with Gasteiger partial charge in [-0.25, -0.2) is 0 Å². The minimum Gasteiger partial charge on any atom is -0.399 e. The Morgan fingerprint density at radius 2 is 1.67 bits per heavy atom. The van der Waals surface area contributed by atoms with Crippen LogP contribution in [-0.2, 0) is 0 Å². The van der Waals surface area contributed by atoms with Crippen LogP contribution in [0.4, 0.5) is 17.1 Å².